The second kappa shape index (κ2) is 13.6. The molecule has 2 amide bonds. The fraction of sp³-hybridized carbons (Fsp3) is 0.382. The van der Waals surface area contributed by atoms with Gasteiger partial charge in [0.1, 0.15) is 11.6 Å². The first-order valence-electron chi connectivity index (χ1n) is 14.7. The van der Waals surface area contributed by atoms with Crippen molar-refractivity contribution in [3.8, 4) is 17.2 Å². The minimum Gasteiger partial charge on any atom is -0.493 e. The molecule has 1 fully saturated rings. The largest absolute Gasteiger partial charge is 0.493 e. The summed E-state index contributed by atoms with van der Waals surface area (Å²) in [5, 5.41) is 3.23. The van der Waals surface area contributed by atoms with Crippen LogP contribution in [0.1, 0.15) is 49.3 Å². The maximum atomic E-state index is 14.7. The molecule has 1 saturated carbocycles. The van der Waals surface area contributed by atoms with Gasteiger partial charge in [0.05, 0.1) is 39.1 Å². The summed E-state index contributed by atoms with van der Waals surface area (Å²) < 4.78 is 28.6. The number of amides is 2. The Kier molecular flexibility index (Phi) is 9.76. The molecule has 0 aromatic heterocycles. The van der Waals surface area contributed by atoms with Gasteiger partial charge in [0.2, 0.25) is 11.7 Å². The van der Waals surface area contributed by atoms with Crippen LogP contribution < -0.4 is 19.5 Å². The lowest BCUT2D eigenvalue weighted by atomic mass is 9.80. The van der Waals surface area contributed by atoms with Crippen molar-refractivity contribution in [1.29, 1.82) is 0 Å². The third-order valence-corrected chi connectivity index (χ3v) is 9.57. The number of carbonyl (C=O) groups is 3. The number of rotatable bonds is 10. The summed E-state index contributed by atoms with van der Waals surface area (Å²) in [5.41, 5.74) is 0.231. The molecule has 11 heteroatoms. The number of hydrogen-bond acceptors (Lipinski definition) is 8. The van der Waals surface area contributed by atoms with E-state index in [0.29, 0.717) is 20.5 Å². The highest BCUT2D eigenvalue weighted by Gasteiger charge is 2.57. The Morgan fingerprint density at radius 3 is 2.02 bits per heavy atom. The predicted octanol–water partition coefficient (Wildman–Crippen LogP) is 5.27. The van der Waals surface area contributed by atoms with E-state index in [-0.39, 0.29) is 29.1 Å². The van der Waals surface area contributed by atoms with Crippen LogP contribution in [-0.4, -0.2) is 69.6 Å². The van der Waals surface area contributed by atoms with Crippen LogP contribution in [0.5, 0.6) is 17.2 Å². The smallest absolute Gasteiger partial charge is 0.262 e. The van der Waals surface area contributed by atoms with Crippen LogP contribution in [0.4, 0.5) is 0 Å². The molecule has 1 atom stereocenters. The predicted molar refractivity (Wildman–Crippen MR) is 176 cm³/mol. The van der Waals surface area contributed by atoms with Crippen molar-refractivity contribution in [3.05, 3.63) is 80.8 Å². The molecule has 0 radical (unpaired) electrons. The van der Waals surface area contributed by atoms with Gasteiger partial charge in [0, 0.05) is 17.2 Å². The Morgan fingerprint density at radius 2 is 1.47 bits per heavy atom. The molecule has 1 N–H and O–H groups in total. The summed E-state index contributed by atoms with van der Waals surface area (Å²) in [4.78, 5) is 44.1. The third kappa shape index (κ3) is 5.66. The summed E-state index contributed by atoms with van der Waals surface area (Å²) >= 11 is 2.03. The van der Waals surface area contributed by atoms with E-state index < -0.39 is 29.2 Å². The SMILES string of the molecule is COC1=CC2(C=C(OC)C1=O)C(c1ccccc1)=C(I)C(=O)N2C(C(=O)NC1CCCCC1)c1ccc(OC)c(OC)c1OC. The van der Waals surface area contributed by atoms with Gasteiger partial charge >= 0.3 is 0 Å². The maximum Gasteiger partial charge on any atom is 0.262 e. The van der Waals surface area contributed by atoms with Crippen molar-refractivity contribution in [3.63, 3.8) is 0 Å². The van der Waals surface area contributed by atoms with Crippen LogP contribution >= 0.6 is 22.6 Å². The molecule has 5 rings (SSSR count). The molecular weight excluding hydrogens is 691 g/mol. The van der Waals surface area contributed by atoms with Crippen LogP contribution in [0.15, 0.2) is 69.7 Å². The number of ketones is 1. The van der Waals surface area contributed by atoms with E-state index in [1.54, 1.807) is 24.3 Å². The van der Waals surface area contributed by atoms with Crippen molar-refractivity contribution >= 4 is 45.8 Å². The average Bonchev–Trinajstić information content (AvgIpc) is 3.27. The van der Waals surface area contributed by atoms with Crippen LogP contribution in [-0.2, 0) is 23.9 Å². The van der Waals surface area contributed by atoms with E-state index in [0.717, 1.165) is 37.7 Å². The number of ether oxygens (including phenoxy) is 5. The van der Waals surface area contributed by atoms with Crippen molar-refractivity contribution in [2.24, 2.45) is 0 Å². The lowest BCUT2D eigenvalue weighted by molar-refractivity contribution is -0.139. The molecule has 10 nitrogen and oxygen atoms in total. The molecule has 2 aliphatic carbocycles. The number of Topliss-reactive ketones (excluding diaryl/α,β-unsaturated/α-hetero) is 1. The van der Waals surface area contributed by atoms with Crippen LogP contribution in [0.25, 0.3) is 5.57 Å². The van der Waals surface area contributed by atoms with Crippen LogP contribution in [0.2, 0.25) is 0 Å². The Morgan fingerprint density at radius 1 is 0.844 bits per heavy atom. The minimum atomic E-state index is -1.47. The average molecular weight is 729 g/mol. The third-order valence-electron chi connectivity index (χ3n) is 8.56. The summed E-state index contributed by atoms with van der Waals surface area (Å²) in [6, 6.07) is 11.5. The van der Waals surface area contributed by atoms with Crippen molar-refractivity contribution in [2.45, 2.75) is 49.7 Å². The summed E-state index contributed by atoms with van der Waals surface area (Å²) in [7, 11) is 7.24. The van der Waals surface area contributed by atoms with Gasteiger partial charge in [-0.15, -0.1) is 0 Å². The summed E-state index contributed by atoms with van der Waals surface area (Å²) in [6.07, 6.45) is 7.97. The molecule has 2 aromatic rings. The van der Waals surface area contributed by atoms with E-state index in [2.05, 4.69) is 5.32 Å². The van der Waals surface area contributed by atoms with Gasteiger partial charge in [-0.05, 0) is 65.3 Å². The van der Waals surface area contributed by atoms with Crippen molar-refractivity contribution < 1.29 is 38.1 Å². The molecule has 3 aliphatic rings. The first kappa shape index (κ1) is 32.4. The van der Waals surface area contributed by atoms with E-state index in [1.165, 1.54) is 40.4 Å². The molecule has 2 aromatic carbocycles. The van der Waals surface area contributed by atoms with E-state index in [1.807, 2.05) is 52.9 Å². The maximum absolute atomic E-state index is 14.7. The van der Waals surface area contributed by atoms with E-state index in [4.69, 9.17) is 23.7 Å². The second-order valence-electron chi connectivity index (χ2n) is 11.0. The minimum absolute atomic E-state index is 0.0163. The Bertz CT molecular complexity index is 1550. The number of nitrogens with zero attached hydrogens (tertiary/aromatic N) is 1. The molecule has 1 unspecified atom stereocenters. The normalized spacial score (nSPS) is 18.8. The van der Waals surface area contributed by atoms with Gasteiger partial charge in [-0.2, -0.15) is 0 Å². The van der Waals surface area contributed by atoms with Gasteiger partial charge in [-0.1, -0.05) is 49.6 Å². The molecule has 1 spiro atoms. The molecule has 0 bridgehead atoms. The molecular formula is C34H37IN2O8. The number of nitrogens with one attached hydrogen (secondary N) is 1. The van der Waals surface area contributed by atoms with Crippen molar-refractivity contribution in [2.75, 3.05) is 35.5 Å². The highest BCUT2D eigenvalue weighted by Crippen LogP contribution is 2.54. The van der Waals surface area contributed by atoms with Gasteiger partial charge in [0.25, 0.3) is 11.7 Å². The highest BCUT2D eigenvalue weighted by atomic mass is 127. The summed E-state index contributed by atoms with van der Waals surface area (Å²) in [6.45, 7) is 0. The first-order chi connectivity index (χ1) is 21.8. The zero-order valence-electron chi connectivity index (χ0n) is 26.0. The topological polar surface area (TPSA) is 113 Å². The number of methoxy groups -OCH3 is 5. The number of carbonyl (C=O) groups excluding carboxylic acids is 3. The van der Waals surface area contributed by atoms with Crippen LogP contribution in [0.3, 0.4) is 0 Å². The van der Waals surface area contributed by atoms with Gasteiger partial charge in [-0.3, -0.25) is 14.4 Å². The molecule has 1 heterocycles. The van der Waals surface area contributed by atoms with E-state index in [9.17, 15) is 14.4 Å². The Balaban J connectivity index is 1.82. The molecule has 0 saturated heterocycles. The fourth-order valence-corrected chi connectivity index (χ4v) is 7.52. The fourth-order valence-electron chi connectivity index (χ4n) is 6.52. The monoisotopic (exact) mass is 728 g/mol. The zero-order valence-corrected chi connectivity index (χ0v) is 28.1. The van der Waals surface area contributed by atoms with E-state index >= 15 is 0 Å². The van der Waals surface area contributed by atoms with Gasteiger partial charge in [-0.25, -0.2) is 0 Å². The molecule has 1 aliphatic heterocycles. The lowest BCUT2D eigenvalue weighted by Gasteiger charge is -2.43. The number of hydrogen-bond donors (Lipinski definition) is 1. The molecule has 45 heavy (non-hydrogen) atoms. The standard InChI is InChI=1S/C34H37IN2O8/c1-41-23-17-16-22(30(44-4)31(23)45-5)28(32(39)36-21-14-10-7-11-15-21)37-33(40)27(35)26(20-12-8-6-9-13-20)34(37)18-24(42-2)29(38)25(19-34)43-3/h6,8-9,12-13,16-19,21,28H,7,10-11,14-15H2,1-5H3,(H,36,39). The summed E-state index contributed by atoms with van der Waals surface area (Å²) in [5.74, 6) is -0.395. The quantitative estimate of drug-likeness (QED) is 0.330. The Labute approximate surface area is 276 Å². The highest BCUT2D eigenvalue weighted by molar-refractivity contribution is 14.1. The van der Waals surface area contributed by atoms with Crippen molar-refractivity contribution in [1.82, 2.24) is 10.2 Å². The van der Waals surface area contributed by atoms with Crippen LogP contribution in [0, 0.1) is 0 Å². The number of halogens is 1. The molecule has 238 valence electrons. The second-order valence-corrected chi connectivity index (χ2v) is 12.1. The van der Waals surface area contributed by atoms with Gasteiger partial charge < -0.3 is 33.9 Å². The first-order valence-corrected chi connectivity index (χ1v) is 15.8. The van der Waals surface area contributed by atoms with Gasteiger partial charge in [0.15, 0.2) is 23.0 Å². The number of benzene rings is 2. The zero-order chi connectivity index (χ0) is 32.3. The lowest BCUT2D eigenvalue weighted by Crippen LogP contribution is -2.54. The Hall–Kier alpha value is -4.00.